The van der Waals surface area contributed by atoms with Gasteiger partial charge in [0.05, 0.1) is 6.04 Å². The summed E-state index contributed by atoms with van der Waals surface area (Å²) in [6, 6.07) is 18.1. The number of carbonyl (C=O) groups excluding carboxylic acids is 1. The quantitative estimate of drug-likeness (QED) is 0.595. The molecule has 2 aromatic carbocycles. The van der Waals surface area contributed by atoms with E-state index in [-0.39, 0.29) is 17.8 Å². The molecule has 1 atom stereocenters. The average molecular weight is 363 g/mol. The molecule has 3 aromatic rings. The molecule has 0 fully saturated rings. The number of nitrogens with zero attached hydrogens (tertiary/aromatic N) is 1. The van der Waals surface area contributed by atoms with Crippen molar-refractivity contribution in [1.29, 1.82) is 0 Å². The molecule has 1 aliphatic rings. The topological polar surface area (TPSA) is 20.3 Å². The smallest absolute Gasteiger partial charge is 0.247 e. The number of carbonyl (C=O) groups is 1. The summed E-state index contributed by atoms with van der Waals surface area (Å²) in [4.78, 5) is 16.1. The zero-order chi connectivity index (χ0) is 17.9. The van der Waals surface area contributed by atoms with Gasteiger partial charge in [0.25, 0.3) is 0 Å². The first-order valence-electron chi connectivity index (χ1n) is 8.58. The van der Waals surface area contributed by atoms with E-state index in [0.29, 0.717) is 6.54 Å². The van der Waals surface area contributed by atoms with E-state index in [0.717, 1.165) is 23.1 Å². The van der Waals surface area contributed by atoms with Gasteiger partial charge in [-0.1, -0.05) is 42.5 Å². The van der Waals surface area contributed by atoms with Crippen LogP contribution in [0.15, 0.2) is 72.1 Å². The lowest BCUT2D eigenvalue weighted by Gasteiger charge is -2.35. The Morgan fingerprint density at radius 3 is 2.62 bits per heavy atom. The largest absolute Gasteiger partial charge is 0.328 e. The fraction of sp³-hybridized carbons (Fsp3) is 0.136. The van der Waals surface area contributed by atoms with Gasteiger partial charge in [-0.3, -0.25) is 4.79 Å². The van der Waals surface area contributed by atoms with Crippen LogP contribution in [0.5, 0.6) is 0 Å². The molecular weight excluding hydrogens is 345 g/mol. The number of hydrogen-bond acceptors (Lipinski definition) is 2. The molecule has 2 nitrogen and oxygen atoms in total. The second-order valence-corrected chi connectivity index (χ2v) is 7.28. The standard InChI is InChI=1S/C22H18FNOS/c23-18-9-7-17(8-10-18)22-19-13-15-26-20(19)12-14-24(22)21(25)11-6-16-4-2-1-3-5-16/h1-11,13,15,22H,12,14H2/b11-6+/t22-/m0/s1. The molecule has 0 unspecified atom stereocenters. The lowest BCUT2D eigenvalue weighted by Crippen LogP contribution is -2.39. The highest BCUT2D eigenvalue weighted by Crippen LogP contribution is 2.37. The van der Waals surface area contributed by atoms with E-state index in [2.05, 4.69) is 11.4 Å². The molecular formula is C22H18FNOS. The van der Waals surface area contributed by atoms with Gasteiger partial charge in [-0.25, -0.2) is 4.39 Å². The SMILES string of the molecule is O=C(/C=C/c1ccccc1)N1CCc2sccc2[C@@H]1c1ccc(F)cc1. The first-order valence-corrected chi connectivity index (χ1v) is 9.46. The molecule has 130 valence electrons. The average Bonchev–Trinajstić information content (AvgIpc) is 3.16. The molecule has 1 aromatic heterocycles. The summed E-state index contributed by atoms with van der Waals surface area (Å²) in [5, 5.41) is 2.06. The van der Waals surface area contributed by atoms with Crippen LogP contribution in [0, 0.1) is 5.82 Å². The van der Waals surface area contributed by atoms with E-state index in [1.54, 1.807) is 29.5 Å². The second-order valence-electron chi connectivity index (χ2n) is 6.28. The van der Waals surface area contributed by atoms with E-state index < -0.39 is 0 Å². The molecule has 4 heteroatoms. The third kappa shape index (κ3) is 3.33. The Morgan fingerprint density at radius 2 is 1.85 bits per heavy atom. The lowest BCUT2D eigenvalue weighted by atomic mass is 9.93. The monoisotopic (exact) mass is 363 g/mol. The Morgan fingerprint density at radius 1 is 1.08 bits per heavy atom. The number of hydrogen-bond donors (Lipinski definition) is 0. The molecule has 0 saturated heterocycles. The highest BCUT2D eigenvalue weighted by Gasteiger charge is 2.31. The number of fused-ring (bicyclic) bond motifs is 1. The van der Waals surface area contributed by atoms with Crippen molar-refractivity contribution in [3.63, 3.8) is 0 Å². The van der Waals surface area contributed by atoms with Gasteiger partial charge in [-0.05, 0) is 52.8 Å². The Kier molecular flexibility index (Phi) is 4.67. The summed E-state index contributed by atoms with van der Waals surface area (Å²) < 4.78 is 13.4. The van der Waals surface area contributed by atoms with Crippen LogP contribution in [0.4, 0.5) is 4.39 Å². The zero-order valence-corrected chi connectivity index (χ0v) is 15.0. The minimum atomic E-state index is -0.267. The molecule has 0 bridgehead atoms. The Hall–Kier alpha value is -2.72. The third-order valence-corrected chi connectivity index (χ3v) is 5.65. The maximum atomic E-state index is 13.4. The summed E-state index contributed by atoms with van der Waals surface area (Å²) in [6.07, 6.45) is 4.33. The van der Waals surface area contributed by atoms with Crippen LogP contribution in [-0.2, 0) is 11.2 Å². The number of rotatable bonds is 3. The number of halogens is 1. The van der Waals surface area contributed by atoms with Gasteiger partial charge in [-0.15, -0.1) is 11.3 Å². The highest BCUT2D eigenvalue weighted by molar-refractivity contribution is 7.10. The molecule has 1 amide bonds. The van der Waals surface area contributed by atoms with Gasteiger partial charge in [0.1, 0.15) is 5.82 Å². The van der Waals surface area contributed by atoms with Gasteiger partial charge in [0.2, 0.25) is 5.91 Å². The van der Waals surface area contributed by atoms with Crippen LogP contribution in [0.25, 0.3) is 6.08 Å². The summed E-state index contributed by atoms with van der Waals surface area (Å²) in [5.41, 5.74) is 3.08. The van der Waals surface area contributed by atoms with Crippen molar-refractivity contribution in [1.82, 2.24) is 4.90 Å². The van der Waals surface area contributed by atoms with Crippen molar-refractivity contribution >= 4 is 23.3 Å². The van der Waals surface area contributed by atoms with E-state index in [4.69, 9.17) is 0 Å². The van der Waals surface area contributed by atoms with E-state index >= 15 is 0 Å². The van der Waals surface area contributed by atoms with Crippen LogP contribution in [-0.4, -0.2) is 17.4 Å². The Bertz CT molecular complexity index is 930. The molecule has 2 heterocycles. The molecule has 0 saturated carbocycles. The molecule has 0 N–H and O–H groups in total. The van der Waals surface area contributed by atoms with Crippen molar-refractivity contribution in [3.8, 4) is 0 Å². The van der Waals surface area contributed by atoms with Crippen LogP contribution >= 0.6 is 11.3 Å². The summed E-state index contributed by atoms with van der Waals surface area (Å²) in [6.45, 7) is 0.660. The first kappa shape index (κ1) is 16.7. The van der Waals surface area contributed by atoms with Crippen molar-refractivity contribution < 1.29 is 9.18 Å². The highest BCUT2D eigenvalue weighted by atomic mass is 32.1. The Balaban J connectivity index is 1.66. The predicted molar refractivity (Wildman–Crippen MR) is 103 cm³/mol. The first-order chi connectivity index (χ1) is 12.7. The summed E-state index contributed by atoms with van der Waals surface area (Å²) in [7, 11) is 0. The van der Waals surface area contributed by atoms with Gasteiger partial charge in [0, 0.05) is 17.5 Å². The van der Waals surface area contributed by atoms with Crippen molar-refractivity contribution in [3.05, 3.63) is 99.5 Å². The third-order valence-electron chi connectivity index (χ3n) is 4.65. The van der Waals surface area contributed by atoms with Crippen LogP contribution in [0.1, 0.15) is 27.6 Å². The van der Waals surface area contributed by atoms with E-state index in [1.165, 1.54) is 17.0 Å². The predicted octanol–water partition coefficient (Wildman–Crippen LogP) is 5.07. The normalized spacial score (nSPS) is 16.7. The Labute approximate surface area is 156 Å². The lowest BCUT2D eigenvalue weighted by molar-refractivity contribution is -0.127. The molecule has 4 rings (SSSR count). The van der Waals surface area contributed by atoms with Crippen molar-refractivity contribution in [2.24, 2.45) is 0 Å². The fourth-order valence-corrected chi connectivity index (χ4v) is 4.29. The molecule has 0 radical (unpaired) electrons. The van der Waals surface area contributed by atoms with Crippen molar-refractivity contribution in [2.45, 2.75) is 12.5 Å². The van der Waals surface area contributed by atoms with Crippen LogP contribution in [0.2, 0.25) is 0 Å². The maximum Gasteiger partial charge on any atom is 0.247 e. The molecule has 26 heavy (non-hydrogen) atoms. The minimum Gasteiger partial charge on any atom is -0.328 e. The van der Waals surface area contributed by atoms with Gasteiger partial charge in [0.15, 0.2) is 0 Å². The molecule has 0 spiro atoms. The van der Waals surface area contributed by atoms with Gasteiger partial charge in [-0.2, -0.15) is 0 Å². The minimum absolute atomic E-state index is 0.0278. The number of benzene rings is 2. The van der Waals surface area contributed by atoms with Gasteiger partial charge < -0.3 is 4.90 Å². The second kappa shape index (κ2) is 7.26. The zero-order valence-electron chi connectivity index (χ0n) is 14.1. The fourth-order valence-electron chi connectivity index (χ4n) is 3.39. The number of thiophene rings is 1. The summed E-state index contributed by atoms with van der Waals surface area (Å²) in [5.74, 6) is -0.294. The van der Waals surface area contributed by atoms with Crippen molar-refractivity contribution in [2.75, 3.05) is 6.54 Å². The van der Waals surface area contributed by atoms with Crippen LogP contribution in [0.3, 0.4) is 0 Å². The molecule has 1 aliphatic heterocycles. The van der Waals surface area contributed by atoms with Crippen LogP contribution < -0.4 is 0 Å². The number of amides is 1. The van der Waals surface area contributed by atoms with E-state index in [9.17, 15) is 9.18 Å². The van der Waals surface area contributed by atoms with E-state index in [1.807, 2.05) is 41.3 Å². The molecule has 0 aliphatic carbocycles. The van der Waals surface area contributed by atoms with Gasteiger partial charge >= 0.3 is 0 Å². The summed E-state index contributed by atoms with van der Waals surface area (Å²) >= 11 is 1.72. The maximum absolute atomic E-state index is 13.4.